The first-order valence-corrected chi connectivity index (χ1v) is 7.73. The Kier molecular flexibility index (Phi) is 4.72. The average Bonchev–Trinajstić information content (AvgIpc) is 2.94. The summed E-state index contributed by atoms with van der Waals surface area (Å²) in [7, 11) is 0. The van der Waals surface area contributed by atoms with E-state index in [4.69, 9.17) is 20.8 Å². The Bertz CT molecular complexity index is 873. The quantitative estimate of drug-likeness (QED) is 0.575. The molecule has 0 N–H and O–H groups in total. The number of benzene rings is 2. The van der Waals surface area contributed by atoms with E-state index in [9.17, 15) is 13.2 Å². The lowest BCUT2D eigenvalue weighted by Gasteiger charge is -2.06. The van der Waals surface area contributed by atoms with Gasteiger partial charge in [-0.1, -0.05) is 23.7 Å². The van der Waals surface area contributed by atoms with Gasteiger partial charge in [-0.2, -0.15) is 13.2 Å². The Labute approximate surface area is 147 Å². The summed E-state index contributed by atoms with van der Waals surface area (Å²) in [5.41, 5.74) is 0.289. The number of para-hydroxylation sites is 1. The molecule has 25 heavy (non-hydrogen) atoms. The maximum atomic E-state index is 12.6. The van der Waals surface area contributed by atoms with Crippen LogP contribution in [0, 0.1) is 6.92 Å². The summed E-state index contributed by atoms with van der Waals surface area (Å²) in [5.74, 6) is 1.29. The molecule has 1 aromatic heterocycles. The van der Waals surface area contributed by atoms with E-state index in [1.54, 1.807) is 31.2 Å². The van der Waals surface area contributed by atoms with Crippen molar-refractivity contribution in [3.8, 4) is 17.2 Å². The number of oxazole rings is 1. The Morgan fingerprint density at radius 1 is 1.08 bits per heavy atom. The van der Waals surface area contributed by atoms with Crippen LogP contribution in [0.2, 0.25) is 5.02 Å². The van der Waals surface area contributed by atoms with Gasteiger partial charge in [0, 0.05) is 5.56 Å². The van der Waals surface area contributed by atoms with Crippen molar-refractivity contribution >= 4 is 11.6 Å². The fraction of sp³-hybridized carbons (Fsp3) is 0.167. The number of hydrogen-bond donors (Lipinski definition) is 0. The molecule has 0 aliphatic carbocycles. The molecule has 3 nitrogen and oxygen atoms in total. The SMILES string of the molecule is Cc1oc(-c2ccc(C(F)(F)F)cc2)nc1COc1ccccc1Cl. The van der Waals surface area contributed by atoms with E-state index >= 15 is 0 Å². The summed E-state index contributed by atoms with van der Waals surface area (Å²) >= 11 is 6.02. The largest absolute Gasteiger partial charge is 0.486 e. The fourth-order valence-electron chi connectivity index (χ4n) is 2.20. The number of nitrogens with zero attached hydrogens (tertiary/aromatic N) is 1. The summed E-state index contributed by atoms with van der Waals surface area (Å²) in [6, 6.07) is 11.7. The minimum atomic E-state index is -4.38. The first-order valence-electron chi connectivity index (χ1n) is 7.36. The van der Waals surface area contributed by atoms with Gasteiger partial charge >= 0.3 is 6.18 Å². The summed E-state index contributed by atoms with van der Waals surface area (Å²) in [6.45, 7) is 1.85. The molecule has 0 fully saturated rings. The van der Waals surface area contributed by atoms with Crippen LogP contribution in [0.4, 0.5) is 13.2 Å². The van der Waals surface area contributed by atoms with Crippen molar-refractivity contribution < 1.29 is 22.3 Å². The predicted molar refractivity (Wildman–Crippen MR) is 87.5 cm³/mol. The molecule has 0 amide bonds. The van der Waals surface area contributed by atoms with Crippen molar-refractivity contribution in [2.45, 2.75) is 19.7 Å². The van der Waals surface area contributed by atoms with Gasteiger partial charge < -0.3 is 9.15 Å². The summed E-state index contributed by atoms with van der Waals surface area (Å²) in [6.07, 6.45) is -4.38. The zero-order valence-corrected chi connectivity index (χ0v) is 13.9. The second-order valence-electron chi connectivity index (χ2n) is 5.32. The molecule has 0 saturated heterocycles. The molecule has 0 bridgehead atoms. The first-order chi connectivity index (χ1) is 11.8. The van der Waals surface area contributed by atoms with Crippen LogP contribution >= 0.6 is 11.6 Å². The molecule has 0 aliphatic rings. The van der Waals surface area contributed by atoms with E-state index in [1.807, 2.05) is 0 Å². The number of aryl methyl sites for hydroxylation is 1. The average molecular weight is 368 g/mol. The molecule has 0 unspecified atom stereocenters. The molecule has 0 radical (unpaired) electrons. The van der Waals surface area contributed by atoms with E-state index < -0.39 is 11.7 Å². The number of alkyl halides is 3. The molecule has 2 aromatic carbocycles. The third kappa shape index (κ3) is 3.96. The topological polar surface area (TPSA) is 35.3 Å². The molecular formula is C18H13ClF3NO2. The van der Waals surface area contributed by atoms with Crippen LogP contribution in [-0.2, 0) is 12.8 Å². The van der Waals surface area contributed by atoms with Gasteiger partial charge in [-0.15, -0.1) is 0 Å². The highest BCUT2D eigenvalue weighted by Crippen LogP contribution is 2.31. The Hall–Kier alpha value is -2.47. The second kappa shape index (κ2) is 6.80. The lowest BCUT2D eigenvalue weighted by atomic mass is 10.1. The number of halogens is 4. The zero-order valence-electron chi connectivity index (χ0n) is 13.1. The lowest BCUT2D eigenvalue weighted by Crippen LogP contribution is -2.04. The third-order valence-corrected chi connectivity index (χ3v) is 3.87. The molecule has 3 aromatic rings. The van der Waals surface area contributed by atoms with Gasteiger partial charge in [0.25, 0.3) is 0 Å². The van der Waals surface area contributed by atoms with Gasteiger partial charge in [0.05, 0.1) is 10.6 Å². The smallest absolute Gasteiger partial charge is 0.416 e. The van der Waals surface area contributed by atoms with Crippen LogP contribution < -0.4 is 4.74 Å². The van der Waals surface area contributed by atoms with E-state index in [-0.39, 0.29) is 12.5 Å². The van der Waals surface area contributed by atoms with E-state index in [0.29, 0.717) is 27.8 Å². The minimum absolute atomic E-state index is 0.139. The van der Waals surface area contributed by atoms with Crippen LogP contribution in [-0.4, -0.2) is 4.98 Å². The lowest BCUT2D eigenvalue weighted by molar-refractivity contribution is -0.137. The monoisotopic (exact) mass is 367 g/mol. The van der Waals surface area contributed by atoms with E-state index in [1.165, 1.54) is 12.1 Å². The van der Waals surface area contributed by atoms with Crippen LogP contribution in [0.3, 0.4) is 0 Å². The normalized spacial score (nSPS) is 11.6. The van der Waals surface area contributed by atoms with Crippen molar-refractivity contribution in [1.29, 1.82) is 0 Å². The molecule has 1 heterocycles. The Balaban J connectivity index is 1.77. The second-order valence-corrected chi connectivity index (χ2v) is 5.72. The highest BCUT2D eigenvalue weighted by atomic mass is 35.5. The molecular weight excluding hydrogens is 355 g/mol. The van der Waals surface area contributed by atoms with Gasteiger partial charge in [-0.25, -0.2) is 4.98 Å². The number of ether oxygens (including phenoxy) is 1. The molecule has 3 rings (SSSR count). The van der Waals surface area contributed by atoms with Crippen molar-refractivity contribution in [3.63, 3.8) is 0 Å². The Morgan fingerprint density at radius 3 is 2.40 bits per heavy atom. The van der Waals surface area contributed by atoms with Gasteiger partial charge in [0.2, 0.25) is 5.89 Å². The van der Waals surface area contributed by atoms with Crippen molar-refractivity contribution in [3.05, 3.63) is 70.6 Å². The van der Waals surface area contributed by atoms with Gasteiger partial charge in [-0.05, 0) is 43.3 Å². The maximum absolute atomic E-state index is 12.6. The molecule has 0 saturated carbocycles. The summed E-state index contributed by atoms with van der Waals surface area (Å²) in [5, 5.41) is 0.478. The van der Waals surface area contributed by atoms with Crippen molar-refractivity contribution in [2.24, 2.45) is 0 Å². The maximum Gasteiger partial charge on any atom is 0.416 e. The van der Waals surface area contributed by atoms with Crippen LogP contribution in [0.1, 0.15) is 17.0 Å². The number of aromatic nitrogens is 1. The zero-order chi connectivity index (χ0) is 18.0. The standard InChI is InChI=1S/C18H13ClF3NO2/c1-11-15(10-24-16-5-3-2-4-14(16)19)23-17(25-11)12-6-8-13(9-7-12)18(20,21)22/h2-9H,10H2,1H3. The van der Waals surface area contributed by atoms with Crippen LogP contribution in [0.25, 0.3) is 11.5 Å². The number of rotatable bonds is 4. The molecule has 0 spiro atoms. The van der Waals surface area contributed by atoms with Gasteiger partial charge in [0.15, 0.2) is 0 Å². The highest BCUT2D eigenvalue weighted by Gasteiger charge is 2.30. The van der Waals surface area contributed by atoms with E-state index in [0.717, 1.165) is 12.1 Å². The Morgan fingerprint density at radius 2 is 1.76 bits per heavy atom. The molecule has 130 valence electrons. The number of hydrogen-bond acceptors (Lipinski definition) is 3. The van der Waals surface area contributed by atoms with Crippen LogP contribution in [0.5, 0.6) is 5.75 Å². The predicted octanol–water partition coefficient (Wildman–Crippen LogP) is 5.90. The molecule has 7 heteroatoms. The molecule has 0 aliphatic heterocycles. The first kappa shape index (κ1) is 17.4. The highest BCUT2D eigenvalue weighted by molar-refractivity contribution is 6.32. The molecule has 0 atom stereocenters. The van der Waals surface area contributed by atoms with Gasteiger partial charge in [-0.3, -0.25) is 0 Å². The summed E-state index contributed by atoms with van der Waals surface area (Å²) < 4.78 is 49.0. The fourth-order valence-corrected chi connectivity index (χ4v) is 2.39. The minimum Gasteiger partial charge on any atom is -0.486 e. The summed E-state index contributed by atoms with van der Waals surface area (Å²) in [4.78, 5) is 4.30. The van der Waals surface area contributed by atoms with Crippen LogP contribution in [0.15, 0.2) is 52.9 Å². The van der Waals surface area contributed by atoms with Crippen molar-refractivity contribution in [2.75, 3.05) is 0 Å². The van der Waals surface area contributed by atoms with Gasteiger partial charge in [0.1, 0.15) is 23.8 Å². The third-order valence-electron chi connectivity index (χ3n) is 3.55. The van der Waals surface area contributed by atoms with E-state index in [2.05, 4.69) is 4.98 Å². The van der Waals surface area contributed by atoms with Crippen molar-refractivity contribution in [1.82, 2.24) is 4.98 Å².